The Morgan fingerprint density at radius 2 is 1.81 bits per heavy atom. The van der Waals surface area contributed by atoms with E-state index in [0.29, 0.717) is 17.7 Å². The van der Waals surface area contributed by atoms with Crippen LogP contribution in [0, 0.1) is 13.8 Å². The molecule has 2 aliphatic rings. The van der Waals surface area contributed by atoms with Crippen LogP contribution in [0.1, 0.15) is 53.7 Å². The first-order valence-electron chi connectivity index (χ1n) is 10.8. The van der Waals surface area contributed by atoms with Crippen LogP contribution in [-0.4, -0.2) is 60.4 Å². The van der Waals surface area contributed by atoms with Gasteiger partial charge in [-0.2, -0.15) is 0 Å². The molecule has 1 aliphatic heterocycles. The maximum absolute atomic E-state index is 13.1. The van der Waals surface area contributed by atoms with Crippen molar-refractivity contribution >= 4 is 32.6 Å². The minimum atomic E-state index is -3.12. The Labute approximate surface area is 182 Å². The fourth-order valence-electron chi connectivity index (χ4n) is 4.99. The molecule has 0 spiro atoms. The summed E-state index contributed by atoms with van der Waals surface area (Å²) in [6.07, 6.45) is 4.22. The molecule has 0 N–H and O–H groups in total. The van der Waals surface area contributed by atoms with Crippen molar-refractivity contribution in [2.45, 2.75) is 58.0 Å². The van der Waals surface area contributed by atoms with E-state index < -0.39 is 22.4 Å². The number of aromatic nitrogens is 1. The van der Waals surface area contributed by atoms with Gasteiger partial charge in [-0.3, -0.25) is 9.78 Å². The number of rotatable bonds is 5. The first-order valence-corrected chi connectivity index (χ1v) is 12.6. The fourth-order valence-corrected chi connectivity index (χ4v) is 6.70. The van der Waals surface area contributed by atoms with Gasteiger partial charge in [0.05, 0.1) is 28.3 Å². The van der Waals surface area contributed by atoms with E-state index in [1.165, 1.54) is 0 Å². The lowest BCUT2D eigenvalue weighted by Crippen LogP contribution is -2.48. The van der Waals surface area contributed by atoms with Gasteiger partial charge in [0.15, 0.2) is 16.4 Å². The van der Waals surface area contributed by atoms with E-state index in [4.69, 9.17) is 4.74 Å². The highest BCUT2D eigenvalue weighted by molar-refractivity contribution is 7.91. The van der Waals surface area contributed by atoms with Crippen molar-refractivity contribution in [3.05, 3.63) is 41.1 Å². The van der Waals surface area contributed by atoms with Crippen molar-refractivity contribution in [3.63, 3.8) is 0 Å². The molecule has 1 unspecified atom stereocenters. The summed E-state index contributed by atoms with van der Waals surface area (Å²) in [6, 6.07) is 7.27. The summed E-state index contributed by atoms with van der Waals surface area (Å²) in [7, 11) is -3.12. The van der Waals surface area contributed by atoms with E-state index in [1.54, 1.807) is 11.8 Å². The van der Waals surface area contributed by atoms with Gasteiger partial charge in [-0.15, -0.1) is 0 Å². The largest absolute Gasteiger partial charge is 0.452 e. The third-order valence-electron chi connectivity index (χ3n) is 6.47. The number of fused-ring (bicyclic) bond motifs is 1. The van der Waals surface area contributed by atoms with E-state index in [2.05, 4.69) is 4.98 Å². The number of nitrogens with zero attached hydrogens (tertiary/aromatic N) is 2. The number of hydrogen-bond acceptors (Lipinski definition) is 6. The third-order valence-corrected chi connectivity index (χ3v) is 8.22. The van der Waals surface area contributed by atoms with Crippen LogP contribution in [0.2, 0.25) is 0 Å². The average Bonchev–Trinajstić information content (AvgIpc) is 3.36. The lowest BCUT2D eigenvalue weighted by atomic mass is 10.0. The minimum absolute atomic E-state index is 0.00397. The van der Waals surface area contributed by atoms with Crippen molar-refractivity contribution in [2.24, 2.45) is 0 Å². The summed E-state index contributed by atoms with van der Waals surface area (Å²) < 4.78 is 29.4. The van der Waals surface area contributed by atoms with Crippen LogP contribution in [0.3, 0.4) is 0 Å². The zero-order valence-electron chi connectivity index (χ0n) is 18.0. The third kappa shape index (κ3) is 4.44. The topological polar surface area (TPSA) is 93.6 Å². The molecule has 2 fully saturated rings. The molecular formula is C23H28N2O5S. The second-order valence-electron chi connectivity index (χ2n) is 8.59. The number of amides is 1. The summed E-state index contributed by atoms with van der Waals surface area (Å²) in [4.78, 5) is 32.2. The van der Waals surface area contributed by atoms with Gasteiger partial charge in [-0.25, -0.2) is 13.2 Å². The number of carbonyl (C=O) groups excluding carboxylic acids is 2. The Morgan fingerprint density at radius 3 is 2.48 bits per heavy atom. The fraction of sp³-hybridized carbons (Fsp3) is 0.522. The van der Waals surface area contributed by atoms with Crippen LogP contribution in [0.15, 0.2) is 24.3 Å². The highest BCUT2D eigenvalue weighted by Gasteiger charge is 2.39. The summed E-state index contributed by atoms with van der Waals surface area (Å²) in [5, 5.41) is 0.870. The molecular weight excluding hydrogens is 416 g/mol. The maximum Gasteiger partial charge on any atom is 0.340 e. The maximum atomic E-state index is 13.1. The number of esters is 1. The number of aryl methyl sites for hydroxylation is 2. The predicted octanol–water partition coefficient (Wildman–Crippen LogP) is 2.97. The highest BCUT2D eigenvalue weighted by atomic mass is 32.2. The molecule has 7 nitrogen and oxygen atoms in total. The second-order valence-corrected chi connectivity index (χ2v) is 10.8. The number of ether oxygens (including phenoxy) is 1. The summed E-state index contributed by atoms with van der Waals surface area (Å²) in [5.74, 6) is -0.788. The Balaban J connectivity index is 1.51. The molecule has 166 valence electrons. The van der Waals surface area contributed by atoms with E-state index in [0.717, 1.165) is 42.1 Å². The number of benzene rings is 1. The summed E-state index contributed by atoms with van der Waals surface area (Å²) >= 11 is 0. The van der Waals surface area contributed by atoms with Crippen LogP contribution < -0.4 is 0 Å². The molecule has 2 aromatic rings. The molecule has 1 atom stereocenters. The van der Waals surface area contributed by atoms with Crippen molar-refractivity contribution in [2.75, 3.05) is 18.1 Å². The molecule has 8 heteroatoms. The Hall–Kier alpha value is -2.48. The number of carbonyl (C=O) groups is 2. The monoisotopic (exact) mass is 444 g/mol. The van der Waals surface area contributed by atoms with Gasteiger partial charge >= 0.3 is 5.97 Å². The average molecular weight is 445 g/mol. The first-order chi connectivity index (χ1) is 14.8. The Kier molecular flexibility index (Phi) is 6.01. The van der Waals surface area contributed by atoms with Crippen LogP contribution in [0.5, 0.6) is 0 Å². The van der Waals surface area contributed by atoms with Gasteiger partial charge in [-0.05, 0) is 44.7 Å². The van der Waals surface area contributed by atoms with Crippen molar-refractivity contribution in [3.8, 4) is 0 Å². The van der Waals surface area contributed by atoms with Crippen LogP contribution in [0.25, 0.3) is 10.9 Å². The van der Waals surface area contributed by atoms with Gasteiger partial charge in [0.2, 0.25) is 0 Å². The van der Waals surface area contributed by atoms with Gasteiger partial charge in [0.1, 0.15) is 0 Å². The van der Waals surface area contributed by atoms with Crippen LogP contribution >= 0.6 is 0 Å². The van der Waals surface area contributed by atoms with Crippen molar-refractivity contribution < 1.29 is 22.7 Å². The van der Waals surface area contributed by atoms with Crippen molar-refractivity contribution in [1.29, 1.82) is 0 Å². The number of pyridine rings is 1. The van der Waals surface area contributed by atoms with Crippen molar-refractivity contribution in [1.82, 2.24) is 9.88 Å². The minimum Gasteiger partial charge on any atom is -0.452 e. The van der Waals surface area contributed by atoms with E-state index in [-0.39, 0.29) is 29.5 Å². The number of hydrogen-bond donors (Lipinski definition) is 0. The summed E-state index contributed by atoms with van der Waals surface area (Å²) in [5.41, 5.74) is 2.51. The molecule has 2 heterocycles. The molecule has 1 amide bonds. The quantitative estimate of drug-likeness (QED) is 0.658. The highest BCUT2D eigenvalue weighted by Crippen LogP contribution is 2.29. The van der Waals surface area contributed by atoms with E-state index >= 15 is 0 Å². The molecule has 1 aliphatic carbocycles. The smallest absolute Gasteiger partial charge is 0.340 e. The van der Waals surface area contributed by atoms with Gasteiger partial charge < -0.3 is 9.64 Å². The molecule has 4 rings (SSSR count). The molecule has 1 saturated heterocycles. The standard InChI is InChI=1S/C23H28N2O5S/c1-15-19-9-5-6-10-20(19)24-16(2)22(15)23(27)30-13-21(26)25(17-7-3-4-8-17)18-11-12-31(28,29)14-18/h5-6,9-10,17-18H,3-4,7-8,11-14H2,1-2H3. The summed E-state index contributed by atoms with van der Waals surface area (Å²) in [6.45, 7) is 3.22. The van der Waals surface area contributed by atoms with E-state index in [1.807, 2.05) is 31.2 Å². The molecule has 1 saturated carbocycles. The Morgan fingerprint density at radius 1 is 1.10 bits per heavy atom. The number of sulfone groups is 1. The molecule has 1 aromatic heterocycles. The molecule has 0 radical (unpaired) electrons. The first kappa shape index (κ1) is 21.7. The molecule has 1 aromatic carbocycles. The molecule has 31 heavy (non-hydrogen) atoms. The van der Waals surface area contributed by atoms with Crippen LogP contribution in [0.4, 0.5) is 0 Å². The van der Waals surface area contributed by atoms with Gasteiger partial charge in [0, 0.05) is 17.5 Å². The lowest BCUT2D eigenvalue weighted by molar-refractivity contribution is -0.139. The molecule has 0 bridgehead atoms. The van der Waals surface area contributed by atoms with E-state index in [9.17, 15) is 18.0 Å². The number of para-hydroxylation sites is 1. The second kappa shape index (κ2) is 8.57. The Bertz CT molecular complexity index is 1120. The zero-order chi connectivity index (χ0) is 22.2. The SMILES string of the molecule is Cc1nc2ccccc2c(C)c1C(=O)OCC(=O)N(C1CCCC1)C1CCS(=O)(=O)C1. The van der Waals surface area contributed by atoms with Crippen LogP contribution in [-0.2, 0) is 19.4 Å². The predicted molar refractivity (Wildman–Crippen MR) is 118 cm³/mol. The zero-order valence-corrected chi connectivity index (χ0v) is 18.8. The normalized spacial score (nSPS) is 20.8. The van der Waals surface area contributed by atoms with Gasteiger partial charge in [0.25, 0.3) is 5.91 Å². The van der Waals surface area contributed by atoms with Gasteiger partial charge in [-0.1, -0.05) is 31.0 Å². The lowest BCUT2D eigenvalue weighted by Gasteiger charge is -2.33.